The minimum atomic E-state index is -0.964. The molecule has 0 bridgehead atoms. The van der Waals surface area contributed by atoms with Crippen molar-refractivity contribution >= 4 is 17.8 Å². The number of nitriles is 1. The third kappa shape index (κ3) is 3.38. The fraction of sp³-hybridized carbons (Fsp3) is 0.333. The fourth-order valence-corrected chi connectivity index (χ4v) is 2.79. The maximum Gasteiger partial charge on any atom is 0.337 e. The Morgan fingerprint density at radius 2 is 1.80 bits per heavy atom. The molecule has 0 spiro atoms. The van der Waals surface area contributed by atoms with Gasteiger partial charge >= 0.3 is 11.9 Å². The second kappa shape index (κ2) is 7.62. The molecule has 7 nitrogen and oxygen atoms in total. The smallest absolute Gasteiger partial charge is 0.337 e. The molecule has 0 saturated heterocycles. The number of allylic oxidation sites excluding steroid dienone is 1. The van der Waals surface area contributed by atoms with Gasteiger partial charge in [-0.15, -0.1) is 0 Å². The summed E-state index contributed by atoms with van der Waals surface area (Å²) in [6.45, 7) is 1.79. The molecular formula is C18H18N2O5. The molecule has 1 heterocycles. The van der Waals surface area contributed by atoms with Crippen LogP contribution in [0.15, 0.2) is 35.6 Å². The Labute approximate surface area is 145 Å². The molecule has 0 radical (unpaired) electrons. The zero-order valence-corrected chi connectivity index (χ0v) is 14.2. The van der Waals surface area contributed by atoms with E-state index in [1.54, 1.807) is 31.2 Å². The highest BCUT2D eigenvalue weighted by Crippen LogP contribution is 2.40. The molecule has 0 saturated carbocycles. The normalized spacial score (nSPS) is 19.7. The highest BCUT2D eigenvalue weighted by Gasteiger charge is 2.41. The summed E-state index contributed by atoms with van der Waals surface area (Å²) in [7, 11) is 2.54. The lowest BCUT2D eigenvalue weighted by Gasteiger charge is -2.31. The lowest BCUT2D eigenvalue weighted by Crippen LogP contribution is -2.33. The van der Waals surface area contributed by atoms with Crippen LogP contribution in [-0.2, 0) is 19.0 Å². The largest absolute Gasteiger partial charge is 0.466 e. The number of hydrogen-bond acceptors (Lipinski definition) is 7. The molecule has 2 unspecified atom stereocenters. The maximum atomic E-state index is 12.3. The van der Waals surface area contributed by atoms with Crippen LogP contribution in [0.3, 0.4) is 0 Å². The summed E-state index contributed by atoms with van der Waals surface area (Å²) in [5, 5.41) is 17.5. The summed E-state index contributed by atoms with van der Waals surface area (Å²) in [6.07, 6.45) is 0.377. The zero-order valence-electron chi connectivity index (χ0n) is 14.2. The van der Waals surface area contributed by atoms with E-state index >= 15 is 0 Å². The van der Waals surface area contributed by atoms with Crippen molar-refractivity contribution in [3.8, 4) is 6.07 Å². The van der Waals surface area contributed by atoms with Crippen molar-refractivity contribution in [3.05, 3.63) is 46.7 Å². The van der Waals surface area contributed by atoms with E-state index in [0.29, 0.717) is 23.3 Å². The molecular weight excluding hydrogens is 324 g/mol. The van der Waals surface area contributed by atoms with Gasteiger partial charge in [-0.05, 0) is 17.7 Å². The number of rotatable bonds is 4. The number of hydrogen-bond donors (Lipinski definition) is 1. The van der Waals surface area contributed by atoms with Gasteiger partial charge in [-0.3, -0.25) is 5.41 Å². The molecule has 1 N–H and O–H groups in total. The van der Waals surface area contributed by atoms with Crippen LogP contribution in [-0.4, -0.2) is 32.1 Å². The number of nitrogens with one attached hydrogen (secondary N) is 1. The lowest BCUT2D eigenvalue weighted by atomic mass is 9.78. The molecule has 130 valence electrons. The highest BCUT2D eigenvalue weighted by molar-refractivity contribution is 5.96. The van der Waals surface area contributed by atoms with Crippen LogP contribution in [0.5, 0.6) is 0 Å². The number of esters is 2. The summed E-state index contributed by atoms with van der Waals surface area (Å²) in [5.74, 6) is -2.67. The van der Waals surface area contributed by atoms with Gasteiger partial charge in [0, 0.05) is 12.3 Å². The molecule has 0 fully saturated rings. The van der Waals surface area contributed by atoms with Crippen LogP contribution in [0.4, 0.5) is 0 Å². The summed E-state index contributed by atoms with van der Waals surface area (Å²) < 4.78 is 14.9. The van der Waals surface area contributed by atoms with Crippen molar-refractivity contribution in [2.75, 3.05) is 14.2 Å². The minimum Gasteiger partial charge on any atom is -0.466 e. The predicted octanol–water partition coefficient (Wildman–Crippen LogP) is 2.54. The minimum absolute atomic E-state index is 0.214. The van der Waals surface area contributed by atoms with Crippen LogP contribution < -0.4 is 0 Å². The van der Waals surface area contributed by atoms with Crippen molar-refractivity contribution in [1.29, 1.82) is 10.7 Å². The van der Waals surface area contributed by atoms with Crippen molar-refractivity contribution in [3.63, 3.8) is 0 Å². The van der Waals surface area contributed by atoms with Crippen LogP contribution in [0.25, 0.3) is 0 Å². The second-order valence-electron chi connectivity index (χ2n) is 5.35. The monoisotopic (exact) mass is 342 g/mol. The average Bonchev–Trinajstić information content (AvgIpc) is 2.65. The van der Waals surface area contributed by atoms with E-state index in [-0.39, 0.29) is 11.5 Å². The Morgan fingerprint density at radius 3 is 2.28 bits per heavy atom. The Morgan fingerprint density at radius 1 is 1.20 bits per heavy atom. The predicted molar refractivity (Wildman–Crippen MR) is 87.8 cm³/mol. The third-order valence-electron chi connectivity index (χ3n) is 4.02. The summed E-state index contributed by atoms with van der Waals surface area (Å²) in [4.78, 5) is 23.9. The fourth-order valence-electron chi connectivity index (χ4n) is 2.79. The molecule has 2 rings (SSSR count). The SMILES string of the molecule is CCC1=C(C(=O)OC)C(c2ccc(C(=O)OC)cc2)C(C#N)C(=N)O1. The van der Waals surface area contributed by atoms with Gasteiger partial charge < -0.3 is 14.2 Å². The van der Waals surface area contributed by atoms with E-state index in [0.717, 1.165) is 0 Å². The quantitative estimate of drug-likeness (QED) is 0.842. The number of carbonyl (C=O) groups excluding carboxylic acids is 2. The molecule has 1 aromatic rings. The van der Waals surface area contributed by atoms with Crippen molar-refractivity contribution in [1.82, 2.24) is 0 Å². The number of nitrogens with zero attached hydrogens (tertiary/aromatic N) is 1. The zero-order chi connectivity index (χ0) is 18.6. The topological polar surface area (TPSA) is 109 Å². The van der Waals surface area contributed by atoms with Gasteiger partial charge in [-0.2, -0.15) is 5.26 Å². The van der Waals surface area contributed by atoms with E-state index in [2.05, 4.69) is 4.74 Å². The molecule has 0 amide bonds. The van der Waals surface area contributed by atoms with E-state index in [1.165, 1.54) is 14.2 Å². The van der Waals surface area contributed by atoms with Crippen LogP contribution >= 0.6 is 0 Å². The number of benzene rings is 1. The first-order chi connectivity index (χ1) is 12.0. The molecule has 1 aromatic carbocycles. The second-order valence-corrected chi connectivity index (χ2v) is 5.35. The van der Waals surface area contributed by atoms with E-state index < -0.39 is 23.8 Å². The van der Waals surface area contributed by atoms with Gasteiger partial charge in [-0.1, -0.05) is 19.1 Å². The molecule has 1 aliphatic heterocycles. The number of methoxy groups -OCH3 is 2. The van der Waals surface area contributed by atoms with Gasteiger partial charge in [0.05, 0.1) is 31.4 Å². The van der Waals surface area contributed by atoms with E-state index in [9.17, 15) is 14.9 Å². The Kier molecular flexibility index (Phi) is 5.55. The summed E-state index contributed by atoms with van der Waals surface area (Å²) in [5.41, 5.74) is 1.18. The first kappa shape index (κ1) is 18.2. The Bertz CT molecular complexity index is 774. The first-order valence-electron chi connectivity index (χ1n) is 7.63. The van der Waals surface area contributed by atoms with Crippen molar-refractivity contribution < 1.29 is 23.8 Å². The van der Waals surface area contributed by atoms with Gasteiger partial charge in [0.1, 0.15) is 11.7 Å². The summed E-state index contributed by atoms with van der Waals surface area (Å²) >= 11 is 0. The van der Waals surface area contributed by atoms with Gasteiger partial charge in [0.2, 0.25) is 5.90 Å². The molecule has 0 aliphatic carbocycles. The standard InChI is InChI=1S/C18H18N2O5/c1-4-13-15(18(22)24-3)14(12(9-19)16(20)25-13)10-5-7-11(8-6-10)17(21)23-2/h5-8,12,14,20H,4H2,1-3H3. The third-order valence-corrected chi connectivity index (χ3v) is 4.02. The van der Waals surface area contributed by atoms with Gasteiger partial charge in [-0.25, -0.2) is 9.59 Å². The van der Waals surface area contributed by atoms with Crippen molar-refractivity contribution in [2.24, 2.45) is 5.92 Å². The Balaban J connectivity index is 2.59. The first-order valence-corrected chi connectivity index (χ1v) is 7.63. The molecule has 7 heteroatoms. The van der Waals surface area contributed by atoms with Crippen LogP contribution in [0.2, 0.25) is 0 Å². The lowest BCUT2D eigenvalue weighted by molar-refractivity contribution is -0.136. The van der Waals surface area contributed by atoms with Gasteiger partial charge in [0.15, 0.2) is 0 Å². The number of carbonyl (C=O) groups is 2. The average molecular weight is 342 g/mol. The molecule has 25 heavy (non-hydrogen) atoms. The van der Waals surface area contributed by atoms with Crippen LogP contribution in [0, 0.1) is 22.7 Å². The van der Waals surface area contributed by atoms with E-state index in [1.807, 2.05) is 6.07 Å². The highest BCUT2D eigenvalue weighted by atomic mass is 16.5. The van der Waals surface area contributed by atoms with Crippen molar-refractivity contribution in [2.45, 2.75) is 19.3 Å². The molecule has 2 atom stereocenters. The summed E-state index contributed by atoms with van der Waals surface area (Å²) in [6, 6.07) is 8.39. The molecule has 1 aliphatic rings. The molecule has 0 aromatic heterocycles. The van der Waals surface area contributed by atoms with Gasteiger partial charge in [0.25, 0.3) is 0 Å². The number of ether oxygens (including phenoxy) is 3. The Hall–Kier alpha value is -3.14. The van der Waals surface area contributed by atoms with Crippen LogP contribution in [0.1, 0.15) is 35.2 Å². The van der Waals surface area contributed by atoms with E-state index in [4.69, 9.17) is 14.9 Å². The maximum absolute atomic E-state index is 12.3.